The van der Waals surface area contributed by atoms with Gasteiger partial charge in [0.1, 0.15) is 5.82 Å². The molecule has 0 saturated carbocycles. The predicted molar refractivity (Wildman–Crippen MR) is 73.6 cm³/mol. The van der Waals surface area contributed by atoms with Crippen LogP contribution >= 0.6 is 0 Å². The normalized spacial score (nSPS) is 10.4. The Labute approximate surface area is 120 Å². The number of aromatic nitrogens is 1. The van der Waals surface area contributed by atoms with Gasteiger partial charge >= 0.3 is 12.1 Å². The third kappa shape index (κ3) is 3.47. The molecule has 21 heavy (non-hydrogen) atoms. The minimum absolute atomic E-state index is 0.170. The second-order valence-corrected chi connectivity index (χ2v) is 4.47. The molecule has 1 aromatic heterocycles. The Hall–Kier alpha value is -2.63. The number of benzene rings is 1. The highest BCUT2D eigenvalue weighted by molar-refractivity contribution is 5.78. The molecule has 1 heterocycles. The first-order valence-electron chi connectivity index (χ1n) is 6.28. The Morgan fingerprint density at radius 3 is 2.52 bits per heavy atom. The molecule has 0 amide bonds. The first-order valence-corrected chi connectivity index (χ1v) is 6.28. The summed E-state index contributed by atoms with van der Waals surface area (Å²) in [6.07, 6.45) is 0.854. The van der Waals surface area contributed by atoms with Gasteiger partial charge in [-0.25, -0.2) is 9.18 Å². The quantitative estimate of drug-likeness (QED) is 0.879. The fraction of sp³-hybridized carbons (Fsp3) is 0.200. The zero-order valence-electron chi connectivity index (χ0n) is 11.4. The fourth-order valence-electron chi connectivity index (χ4n) is 2.00. The summed E-state index contributed by atoms with van der Waals surface area (Å²) in [6.45, 7) is 0. The van der Waals surface area contributed by atoms with Crippen molar-refractivity contribution in [2.45, 2.75) is 12.8 Å². The van der Waals surface area contributed by atoms with E-state index in [9.17, 15) is 19.1 Å². The van der Waals surface area contributed by atoms with Crippen LogP contribution in [0.5, 0.6) is 0 Å². The second kappa shape index (κ2) is 6.21. The standard InChI is InChI=1S/C15H14FNO4/c1-21-14(18)7-2-10-8-13(17(9-10)15(19)20)11-3-5-12(16)6-4-11/h3-6,8-9H,2,7H2,1H3,(H,19,20). The number of methoxy groups -OCH3 is 1. The van der Waals surface area contributed by atoms with E-state index in [4.69, 9.17) is 0 Å². The number of hydrogen-bond donors (Lipinski definition) is 1. The molecule has 0 aliphatic heterocycles. The molecular weight excluding hydrogens is 277 g/mol. The maximum atomic E-state index is 12.9. The smallest absolute Gasteiger partial charge is 0.416 e. The topological polar surface area (TPSA) is 68.5 Å². The Balaban J connectivity index is 2.31. The summed E-state index contributed by atoms with van der Waals surface area (Å²) in [5.74, 6) is -0.750. The number of carbonyl (C=O) groups is 2. The molecule has 0 aliphatic rings. The van der Waals surface area contributed by atoms with Gasteiger partial charge in [0.25, 0.3) is 0 Å². The number of rotatable bonds is 4. The summed E-state index contributed by atoms with van der Waals surface area (Å²) in [5.41, 5.74) is 1.72. The first kappa shape index (κ1) is 14.8. The summed E-state index contributed by atoms with van der Waals surface area (Å²) in [5, 5.41) is 9.22. The van der Waals surface area contributed by atoms with Crippen LogP contribution in [0.1, 0.15) is 12.0 Å². The van der Waals surface area contributed by atoms with Gasteiger partial charge < -0.3 is 9.84 Å². The number of esters is 1. The summed E-state index contributed by atoms with van der Waals surface area (Å²) < 4.78 is 18.5. The zero-order valence-corrected chi connectivity index (χ0v) is 11.4. The van der Waals surface area contributed by atoms with Crippen molar-refractivity contribution in [2.24, 2.45) is 0 Å². The summed E-state index contributed by atoms with van der Waals surface area (Å²) in [6, 6.07) is 7.22. The summed E-state index contributed by atoms with van der Waals surface area (Å²) in [4.78, 5) is 22.4. The van der Waals surface area contributed by atoms with E-state index in [1.54, 1.807) is 6.07 Å². The Morgan fingerprint density at radius 2 is 1.95 bits per heavy atom. The lowest BCUT2D eigenvalue weighted by molar-refractivity contribution is -0.140. The van der Waals surface area contributed by atoms with Crippen LogP contribution in [0.3, 0.4) is 0 Å². The zero-order chi connectivity index (χ0) is 15.4. The number of carbonyl (C=O) groups excluding carboxylic acids is 1. The summed E-state index contributed by atoms with van der Waals surface area (Å²) in [7, 11) is 1.30. The molecule has 0 unspecified atom stereocenters. The highest BCUT2D eigenvalue weighted by Crippen LogP contribution is 2.23. The molecule has 0 aliphatic carbocycles. The number of aryl methyl sites for hydroxylation is 1. The molecule has 2 rings (SSSR count). The number of halogens is 1. The number of hydrogen-bond acceptors (Lipinski definition) is 3. The van der Waals surface area contributed by atoms with Gasteiger partial charge in [-0.3, -0.25) is 9.36 Å². The van der Waals surface area contributed by atoms with Crippen molar-refractivity contribution in [2.75, 3.05) is 7.11 Å². The average Bonchev–Trinajstić information content (AvgIpc) is 2.90. The molecule has 1 aromatic carbocycles. The van der Waals surface area contributed by atoms with Gasteiger partial charge in [-0.05, 0) is 47.9 Å². The molecular formula is C15H14FNO4. The van der Waals surface area contributed by atoms with Crippen LogP contribution in [0.15, 0.2) is 36.5 Å². The number of nitrogens with zero attached hydrogens (tertiary/aromatic N) is 1. The van der Waals surface area contributed by atoms with Crippen LogP contribution in [0, 0.1) is 5.82 Å². The van der Waals surface area contributed by atoms with Crippen LogP contribution in [0.2, 0.25) is 0 Å². The van der Waals surface area contributed by atoms with Crippen LogP contribution < -0.4 is 0 Å². The third-order valence-electron chi connectivity index (χ3n) is 3.07. The van der Waals surface area contributed by atoms with Crippen molar-refractivity contribution in [3.8, 4) is 11.3 Å². The van der Waals surface area contributed by atoms with Gasteiger partial charge in [-0.2, -0.15) is 0 Å². The first-order chi connectivity index (χ1) is 10.0. The number of carboxylic acid groups (broad SMARTS) is 1. The monoisotopic (exact) mass is 291 g/mol. The van der Waals surface area contributed by atoms with Crippen LogP contribution in [0.4, 0.5) is 9.18 Å². The lowest BCUT2D eigenvalue weighted by Gasteiger charge is -2.03. The minimum atomic E-state index is -1.14. The Bertz CT molecular complexity index is 661. The molecule has 0 radical (unpaired) electrons. The molecule has 5 nitrogen and oxygen atoms in total. The minimum Gasteiger partial charge on any atom is -0.469 e. The highest BCUT2D eigenvalue weighted by atomic mass is 19.1. The molecule has 0 bridgehead atoms. The van der Waals surface area contributed by atoms with Gasteiger partial charge in [0.05, 0.1) is 12.8 Å². The third-order valence-corrected chi connectivity index (χ3v) is 3.07. The van der Waals surface area contributed by atoms with E-state index in [0.29, 0.717) is 23.2 Å². The Kier molecular flexibility index (Phi) is 4.37. The lowest BCUT2D eigenvalue weighted by Crippen LogP contribution is -2.07. The van der Waals surface area contributed by atoms with E-state index in [1.807, 2.05) is 0 Å². The highest BCUT2D eigenvalue weighted by Gasteiger charge is 2.14. The van der Waals surface area contributed by atoms with E-state index in [-0.39, 0.29) is 12.4 Å². The molecule has 1 N–H and O–H groups in total. The van der Waals surface area contributed by atoms with E-state index in [0.717, 1.165) is 4.57 Å². The summed E-state index contributed by atoms with van der Waals surface area (Å²) >= 11 is 0. The van der Waals surface area contributed by atoms with Crippen LogP contribution in [-0.4, -0.2) is 28.8 Å². The SMILES string of the molecule is COC(=O)CCc1cc(-c2ccc(F)cc2)n(C(=O)O)c1. The molecule has 6 heteroatoms. The van der Waals surface area contributed by atoms with Crippen molar-refractivity contribution in [3.05, 3.63) is 47.9 Å². The predicted octanol–water partition coefficient (Wildman–Crippen LogP) is 2.93. The van der Waals surface area contributed by atoms with Crippen molar-refractivity contribution >= 4 is 12.1 Å². The molecule has 0 saturated heterocycles. The van der Waals surface area contributed by atoms with Gasteiger partial charge in [0, 0.05) is 12.6 Å². The van der Waals surface area contributed by atoms with Crippen LogP contribution in [-0.2, 0) is 16.0 Å². The largest absolute Gasteiger partial charge is 0.469 e. The lowest BCUT2D eigenvalue weighted by atomic mass is 10.1. The van der Waals surface area contributed by atoms with E-state index in [1.165, 1.54) is 37.6 Å². The van der Waals surface area contributed by atoms with Crippen molar-refractivity contribution < 1.29 is 23.8 Å². The fourth-order valence-corrected chi connectivity index (χ4v) is 2.00. The maximum Gasteiger partial charge on any atom is 0.416 e. The maximum absolute atomic E-state index is 12.9. The van der Waals surface area contributed by atoms with Crippen molar-refractivity contribution in [1.82, 2.24) is 4.57 Å². The Morgan fingerprint density at radius 1 is 1.29 bits per heavy atom. The second-order valence-electron chi connectivity index (χ2n) is 4.47. The molecule has 0 atom stereocenters. The van der Waals surface area contributed by atoms with E-state index >= 15 is 0 Å². The molecule has 0 fully saturated rings. The average molecular weight is 291 g/mol. The molecule has 2 aromatic rings. The number of ether oxygens (including phenoxy) is 1. The van der Waals surface area contributed by atoms with Crippen LogP contribution in [0.25, 0.3) is 11.3 Å². The van der Waals surface area contributed by atoms with Gasteiger partial charge in [-0.1, -0.05) is 0 Å². The van der Waals surface area contributed by atoms with E-state index < -0.39 is 11.9 Å². The van der Waals surface area contributed by atoms with Gasteiger partial charge in [0.15, 0.2) is 0 Å². The van der Waals surface area contributed by atoms with Crippen molar-refractivity contribution in [3.63, 3.8) is 0 Å². The molecule has 0 spiro atoms. The molecule has 110 valence electrons. The van der Waals surface area contributed by atoms with Crippen molar-refractivity contribution in [1.29, 1.82) is 0 Å². The van der Waals surface area contributed by atoms with Gasteiger partial charge in [-0.15, -0.1) is 0 Å². The van der Waals surface area contributed by atoms with Gasteiger partial charge in [0.2, 0.25) is 0 Å². The van der Waals surface area contributed by atoms with E-state index in [2.05, 4.69) is 4.74 Å².